The molecule has 0 saturated carbocycles. The number of carbonyl (C=O) groups is 1. The molecular weight excluding hydrogens is 308 g/mol. The van der Waals surface area contributed by atoms with Gasteiger partial charge in [0.1, 0.15) is 0 Å². The van der Waals surface area contributed by atoms with Crippen LogP contribution in [0.3, 0.4) is 0 Å². The molecule has 2 atom stereocenters. The molecular formula is C19H28ClN2O+. The van der Waals surface area contributed by atoms with Crippen molar-refractivity contribution >= 4 is 17.5 Å². The Kier molecular flexibility index (Phi) is 5.27. The Hall–Kier alpha value is -1.06. The lowest BCUT2D eigenvalue weighted by atomic mass is 9.95. The standard InChI is InChI=1S/C19H27ClN2O/c1-3-4-11-22(19(23)14-5-7-15(20)8-6-14)18-12-16-9-10-17(13-18)21(16)2/h5-8,16-18H,3-4,9-13H2,1-2H3/p+1. The summed E-state index contributed by atoms with van der Waals surface area (Å²) in [6.45, 7) is 3.06. The zero-order valence-corrected chi connectivity index (χ0v) is 15.0. The predicted molar refractivity (Wildman–Crippen MR) is 94.1 cm³/mol. The third kappa shape index (κ3) is 3.56. The van der Waals surface area contributed by atoms with Crippen LogP contribution in [0.25, 0.3) is 0 Å². The van der Waals surface area contributed by atoms with Crippen molar-refractivity contribution in [3.63, 3.8) is 0 Å². The molecule has 0 spiro atoms. The van der Waals surface area contributed by atoms with Crippen LogP contribution in [0.1, 0.15) is 55.8 Å². The molecule has 2 fully saturated rings. The first-order valence-electron chi connectivity index (χ1n) is 9.00. The molecule has 4 heteroatoms. The van der Waals surface area contributed by atoms with Gasteiger partial charge < -0.3 is 9.80 Å². The van der Waals surface area contributed by atoms with Crippen LogP contribution in [0.4, 0.5) is 0 Å². The molecule has 2 aliphatic heterocycles. The van der Waals surface area contributed by atoms with Gasteiger partial charge in [0.05, 0.1) is 19.1 Å². The number of nitrogens with zero attached hydrogens (tertiary/aromatic N) is 1. The van der Waals surface area contributed by atoms with Crippen molar-refractivity contribution in [3.8, 4) is 0 Å². The van der Waals surface area contributed by atoms with E-state index in [1.54, 1.807) is 4.90 Å². The second-order valence-corrected chi connectivity index (χ2v) is 7.64. The Morgan fingerprint density at radius 3 is 2.39 bits per heavy atom. The van der Waals surface area contributed by atoms with Gasteiger partial charge in [0, 0.05) is 48.9 Å². The van der Waals surface area contributed by atoms with E-state index in [0.29, 0.717) is 11.1 Å². The van der Waals surface area contributed by atoms with Gasteiger partial charge in [-0.1, -0.05) is 24.9 Å². The average molecular weight is 336 g/mol. The summed E-state index contributed by atoms with van der Waals surface area (Å²) in [5.41, 5.74) is 0.768. The van der Waals surface area contributed by atoms with Gasteiger partial charge >= 0.3 is 0 Å². The van der Waals surface area contributed by atoms with Crippen LogP contribution in [0.15, 0.2) is 24.3 Å². The Balaban J connectivity index is 1.77. The van der Waals surface area contributed by atoms with Crippen LogP contribution in [-0.4, -0.2) is 42.5 Å². The van der Waals surface area contributed by atoms with Gasteiger partial charge in [-0.3, -0.25) is 4.79 Å². The third-order valence-electron chi connectivity index (χ3n) is 5.81. The highest BCUT2D eigenvalue weighted by Crippen LogP contribution is 2.27. The number of unbranched alkanes of at least 4 members (excludes halogenated alkanes) is 1. The van der Waals surface area contributed by atoms with Crippen LogP contribution in [0.2, 0.25) is 5.02 Å². The zero-order chi connectivity index (χ0) is 16.4. The van der Waals surface area contributed by atoms with E-state index in [4.69, 9.17) is 11.6 Å². The van der Waals surface area contributed by atoms with Crippen molar-refractivity contribution in [2.75, 3.05) is 13.6 Å². The Labute approximate surface area is 144 Å². The zero-order valence-electron chi connectivity index (χ0n) is 14.2. The minimum Gasteiger partial charge on any atom is -0.335 e. The van der Waals surface area contributed by atoms with Crippen molar-refractivity contribution < 1.29 is 9.69 Å². The number of nitrogens with one attached hydrogen (secondary N) is 1. The molecule has 3 nitrogen and oxygen atoms in total. The topological polar surface area (TPSA) is 24.8 Å². The molecule has 126 valence electrons. The molecule has 3 rings (SSSR count). The smallest absolute Gasteiger partial charge is 0.254 e. The second kappa shape index (κ2) is 7.23. The molecule has 0 aromatic heterocycles. The highest BCUT2D eigenvalue weighted by Gasteiger charge is 2.44. The Morgan fingerprint density at radius 2 is 1.83 bits per heavy atom. The third-order valence-corrected chi connectivity index (χ3v) is 6.06. The van der Waals surface area contributed by atoms with E-state index in [1.807, 2.05) is 24.3 Å². The summed E-state index contributed by atoms with van der Waals surface area (Å²) in [7, 11) is 2.33. The monoisotopic (exact) mass is 335 g/mol. The quantitative estimate of drug-likeness (QED) is 0.879. The van der Waals surface area contributed by atoms with Crippen LogP contribution in [0.5, 0.6) is 0 Å². The summed E-state index contributed by atoms with van der Waals surface area (Å²) in [5, 5.41) is 0.683. The minimum atomic E-state index is 0.180. The maximum absolute atomic E-state index is 13.1. The number of fused-ring (bicyclic) bond motifs is 2. The SMILES string of the molecule is CCCCN(C(=O)c1ccc(Cl)cc1)C1CC2CCC(C1)[NH+]2C. The first-order valence-corrected chi connectivity index (χ1v) is 9.37. The van der Waals surface area contributed by atoms with Crippen molar-refractivity contribution in [2.45, 2.75) is 63.6 Å². The van der Waals surface area contributed by atoms with Crippen molar-refractivity contribution in [2.24, 2.45) is 0 Å². The van der Waals surface area contributed by atoms with Crippen molar-refractivity contribution in [1.82, 2.24) is 4.90 Å². The van der Waals surface area contributed by atoms with Crippen LogP contribution < -0.4 is 4.90 Å². The number of piperidine rings is 1. The largest absolute Gasteiger partial charge is 0.335 e. The first kappa shape index (κ1) is 16.8. The number of rotatable bonds is 5. The van der Waals surface area contributed by atoms with E-state index in [0.717, 1.165) is 49.9 Å². The first-order chi connectivity index (χ1) is 11.1. The molecule has 23 heavy (non-hydrogen) atoms. The summed E-state index contributed by atoms with van der Waals surface area (Å²) in [6, 6.07) is 9.23. The molecule has 2 aliphatic rings. The Bertz CT molecular complexity index is 531. The lowest BCUT2D eigenvalue weighted by Gasteiger charge is -2.40. The van der Waals surface area contributed by atoms with E-state index >= 15 is 0 Å². The molecule has 1 aromatic rings. The molecule has 2 heterocycles. The van der Waals surface area contributed by atoms with Crippen molar-refractivity contribution in [3.05, 3.63) is 34.9 Å². The van der Waals surface area contributed by atoms with Crippen LogP contribution in [0, 0.1) is 0 Å². The molecule has 1 amide bonds. The number of carbonyl (C=O) groups excluding carboxylic acids is 1. The predicted octanol–water partition coefficient (Wildman–Crippen LogP) is 2.79. The normalized spacial score (nSPS) is 29.5. The van der Waals surface area contributed by atoms with Gasteiger partial charge in [0.2, 0.25) is 0 Å². The highest BCUT2D eigenvalue weighted by molar-refractivity contribution is 6.30. The number of halogens is 1. The summed E-state index contributed by atoms with van der Waals surface area (Å²) in [6.07, 6.45) is 7.16. The van der Waals surface area contributed by atoms with Gasteiger partial charge in [-0.25, -0.2) is 0 Å². The molecule has 2 bridgehead atoms. The number of hydrogen-bond acceptors (Lipinski definition) is 1. The number of amides is 1. The lowest BCUT2D eigenvalue weighted by Crippen LogP contribution is -3.15. The van der Waals surface area contributed by atoms with Crippen molar-refractivity contribution in [1.29, 1.82) is 0 Å². The van der Waals surface area contributed by atoms with E-state index in [-0.39, 0.29) is 5.91 Å². The summed E-state index contributed by atoms with van der Waals surface area (Å²) >= 11 is 5.96. The highest BCUT2D eigenvalue weighted by atomic mass is 35.5. The fourth-order valence-electron chi connectivity index (χ4n) is 4.34. The van der Waals surface area contributed by atoms with E-state index in [9.17, 15) is 4.79 Å². The van der Waals surface area contributed by atoms with Gasteiger partial charge in [-0.2, -0.15) is 0 Å². The summed E-state index contributed by atoms with van der Waals surface area (Å²) < 4.78 is 0. The fraction of sp³-hybridized carbons (Fsp3) is 0.632. The van der Waals surface area contributed by atoms with E-state index in [1.165, 1.54) is 12.8 Å². The van der Waals surface area contributed by atoms with E-state index in [2.05, 4.69) is 18.9 Å². The summed E-state index contributed by atoms with van der Waals surface area (Å²) in [5.74, 6) is 0.180. The van der Waals surface area contributed by atoms with Gasteiger partial charge in [-0.05, 0) is 30.7 Å². The molecule has 1 N–H and O–H groups in total. The van der Waals surface area contributed by atoms with Gasteiger partial charge in [-0.15, -0.1) is 0 Å². The maximum atomic E-state index is 13.1. The number of hydrogen-bond donors (Lipinski definition) is 1. The molecule has 0 aliphatic carbocycles. The molecule has 2 unspecified atom stereocenters. The second-order valence-electron chi connectivity index (χ2n) is 7.20. The minimum absolute atomic E-state index is 0.180. The maximum Gasteiger partial charge on any atom is 0.254 e. The lowest BCUT2D eigenvalue weighted by molar-refractivity contribution is -0.922. The summed E-state index contributed by atoms with van der Waals surface area (Å²) in [4.78, 5) is 16.9. The molecule has 1 aromatic carbocycles. The number of benzene rings is 1. The van der Waals surface area contributed by atoms with Gasteiger partial charge in [0.25, 0.3) is 5.91 Å². The Morgan fingerprint density at radius 1 is 1.22 bits per heavy atom. The fourth-order valence-corrected chi connectivity index (χ4v) is 4.47. The van der Waals surface area contributed by atoms with Crippen LogP contribution in [-0.2, 0) is 0 Å². The van der Waals surface area contributed by atoms with Crippen LogP contribution >= 0.6 is 11.6 Å². The average Bonchev–Trinajstić information content (AvgIpc) is 2.76. The van der Waals surface area contributed by atoms with Gasteiger partial charge in [0.15, 0.2) is 0 Å². The molecule has 0 radical (unpaired) electrons. The van der Waals surface area contributed by atoms with E-state index < -0.39 is 0 Å². The number of quaternary nitrogens is 1. The molecule has 2 saturated heterocycles.